The number of amides is 1. The van der Waals surface area contributed by atoms with Crippen LogP contribution in [0.25, 0.3) is 0 Å². The van der Waals surface area contributed by atoms with Gasteiger partial charge in [-0.2, -0.15) is 0 Å². The van der Waals surface area contributed by atoms with Crippen molar-refractivity contribution in [2.24, 2.45) is 5.92 Å². The van der Waals surface area contributed by atoms with E-state index in [-0.39, 0.29) is 11.8 Å². The molecule has 0 spiro atoms. The van der Waals surface area contributed by atoms with Crippen molar-refractivity contribution in [1.82, 2.24) is 9.97 Å². The van der Waals surface area contributed by atoms with Crippen LogP contribution in [0.3, 0.4) is 0 Å². The third-order valence-electron chi connectivity index (χ3n) is 3.72. The van der Waals surface area contributed by atoms with Gasteiger partial charge in [0.05, 0.1) is 16.4 Å². The van der Waals surface area contributed by atoms with E-state index in [2.05, 4.69) is 15.3 Å². The topological polar surface area (TPSA) is 57.8 Å². The normalized spacial score (nSPS) is 17.4. The Hall–Kier alpha value is -1.52. The molecule has 1 atom stereocenters. The average molecular weight is 324 g/mol. The van der Waals surface area contributed by atoms with Gasteiger partial charge in [0.2, 0.25) is 5.91 Å². The number of hydrogen-bond donors (Lipinski definition) is 2. The van der Waals surface area contributed by atoms with Crippen LogP contribution in [0.1, 0.15) is 23.6 Å². The van der Waals surface area contributed by atoms with E-state index in [4.69, 9.17) is 23.2 Å². The smallest absolute Gasteiger partial charge is 0.227 e. The second-order valence-corrected chi connectivity index (χ2v) is 6.14. The van der Waals surface area contributed by atoms with Crippen molar-refractivity contribution in [3.63, 3.8) is 0 Å². The fourth-order valence-corrected chi connectivity index (χ4v) is 3.01. The summed E-state index contributed by atoms with van der Waals surface area (Å²) in [6.07, 6.45) is 2.29. The Morgan fingerprint density at radius 3 is 3.05 bits per heavy atom. The molecule has 4 nitrogen and oxygen atoms in total. The van der Waals surface area contributed by atoms with Gasteiger partial charge in [0.25, 0.3) is 0 Å². The molecule has 6 heteroatoms. The molecule has 2 N–H and O–H groups in total. The van der Waals surface area contributed by atoms with Gasteiger partial charge in [-0.1, -0.05) is 23.2 Å². The number of fused-ring (bicyclic) bond motifs is 1. The Kier molecular flexibility index (Phi) is 3.91. The summed E-state index contributed by atoms with van der Waals surface area (Å²) in [5.74, 6) is 0.795. The number of aryl methyl sites for hydroxylation is 2. The van der Waals surface area contributed by atoms with Crippen molar-refractivity contribution in [3.8, 4) is 0 Å². The number of imidazole rings is 1. The van der Waals surface area contributed by atoms with Crippen LogP contribution in [0.5, 0.6) is 0 Å². The molecule has 1 aromatic heterocycles. The van der Waals surface area contributed by atoms with Crippen molar-refractivity contribution >= 4 is 34.8 Å². The minimum atomic E-state index is -0.0765. The summed E-state index contributed by atoms with van der Waals surface area (Å²) < 4.78 is 0. The number of rotatable bonds is 2. The summed E-state index contributed by atoms with van der Waals surface area (Å²) in [7, 11) is 0. The number of carbonyl (C=O) groups is 1. The molecule has 110 valence electrons. The minimum absolute atomic E-state index is 0.0305. The van der Waals surface area contributed by atoms with Gasteiger partial charge in [-0.25, -0.2) is 4.98 Å². The van der Waals surface area contributed by atoms with E-state index in [9.17, 15) is 4.79 Å². The van der Waals surface area contributed by atoms with Gasteiger partial charge in [-0.15, -0.1) is 0 Å². The van der Waals surface area contributed by atoms with Gasteiger partial charge in [-0.3, -0.25) is 4.79 Å². The quantitative estimate of drug-likeness (QED) is 0.883. The molecule has 2 aromatic rings. The standard InChI is InChI=1S/C15H15Cl2N3O/c1-8-18-12-5-2-9(6-14(12)19-8)15(21)20-13-7-10(16)3-4-11(13)17/h3-4,7,9H,2,5-6H2,1H3,(H,18,19)(H,20,21). The Bertz CT molecular complexity index is 696. The van der Waals surface area contributed by atoms with Crippen LogP contribution in [0.2, 0.25) is 10.0 Å². The average Bonchev–Trinajstić information content (AvgIpc) is 2.81. The molecular formula is C15H15Cl2N3O. The lowest BCUT2D eigenvalue weighted by molar-refractivity contribution is -0.120. The molecule has 1 amide bonds. The Balaban J connectivity index is 1.73. The van der Waals surface area contributed by atoms with Crippen LogP contribution >= 0.6 is 23.2 Å². The molecule has 0 fully saturated rings. The number of benzene rings is 1. The zero-order valence-corrected chi connectivity index (χ0v) is 13.1. The Morgan fingerprint density at radius 2 is 2.24 bits per heavy atom. The molecule has 0 saturated carbocycles. The third-order valence-corrected chi connectivity index (χ3v) is 4.28. The van der Waals surface area contributed by atoms with Gasteiger partial charge in [0, 0.05) is 23.1 Å². The van der Waals surface area contributed by atoms with Crippen LogP contribution < -0.4 is 5.32 Å². The van der Waals surface area contributed by atoms with Crippen LogP contribution in [0.15, 0.2) is 18.2 Å². The van der Waals surface area contributed by atoms with Gasteiger partial charge >= 0.3 is 0 Å². The molecule has 0 radical (unpaired) electrons. The lowest BCUT2D eigenvalue weighted by atomic mass is 9.89. The van der Waals surface area contributed by atoms with Crippen LogP contribution in [0, 0.1) is 12.8 Å². The maximum Gasteiger partial charge on any atom is 0.227 e. The summed E-state index contributed by atoms with van der Waals surface area (Å²) in [6.45, 7) is 1.93. The maximum absolute atomic E-state index is 12.4. The molecule has 0 bridgehead atoms. The molecule has 0 aliphatic heterocycles. The summed E-state index contributed by atoms with van der Waals surface area (Å²) in [4.78, 5) is 20.1. The zero-order chi connectivity index (χ0) is 15.0. The van der Waals surface area contributed by atoms with Crippen LogP contribution in [-0.2, 0) is 17.6 Å². The van der Waals surface area contributed by atoms with Gasteiger partial charge in [0.1, 0.15) is 5.82 Å². The molecular weight excluding hydrogens is 309 g/mol. The summed E-state index contributed by atoms with van der Waals surface area (Å²) in [5.41, 5.74) is 2.70. The number of aromatic nitrogens is 2. The molecule has 1 aliphatic rings. The van der Waals surface area contributed by atoms with E-state index < -0.39 is 0 Å². The second-order valence-electron chi connectivity index (χ2n) is 5.30. The van der Waals surface area contributed by atoms with Crippen molar-refractivity contribution in [3.05, 3.63) is 45.5 Å². The maximum atomic E-state index is 12.4. The molecule has 1 aromatic carbocycles. The van der Waals surface area contributed by atoms with E-state index in [0.717, 1.165) is 30.1 Å². The first-order valence-corrected chi connectivity index (χ1v) is 7.59. The molecule has 0 saturated heterocycles. The monoisotopic (exact) mass is 323 g/mol. The first-order chi connectivity index (χ1) is 10.0. The number of halogens is 2. The predicted molar refractivity (Wildman–Crippen MR) is 83.9 cm³/mol. The largest absolute Gasteiger partial charge is 0.346 e. The third kappa shape index (κ3) is 3.06. The minimum Gasteiger partial charge on any atom is -0.346 e. The highest BCUT2D eigenvalue weighted by atomic mass is 35.5. The first kappa shape index (κ1) is 14.4. The van der Waals surface area contributed by atoms with Crippen LogP contribution in [0.4, 0.5) is 5.69 Å². The second kappa shape index (κ2) is 5.70. The number of carbonyl (C=O) groups excluding carboxylic acids is 1. The number of anilines is 1. The Morgan fingerprint density at radius 1 is 1.43 bits per heavy atom. The SMILES string of the molecule is Cc1nc2c([nH]1)CC(C(=O)Nc1cc(Cl)ccc1Cl)CC2. The molecule has 1 unspecified atom stereocenters. The fraction of sp³-hybridized carbons (Fsp3) is 0.333. The van der Waals surface area contributed by atoms with Crippen LogP contribution in [-0.4, -0.2) is 15.9 Å². The van der Waals surface area contributed by atoms with E-state index in [1.54, 1.807) is 18.2 Å². The van der Waals surface area contributed by atoms with E-state index in [1.165, 1.54) is 0 Å². The zero-order valence-electron chi connectivity index (χ0n) is 11.5. The fourth-order valence-electron chi connectivity index (χ4n) is 2.68. The lowest BCUT2D eigenvalue weighted by Crippen LogP contribution is -2.28. The summed E-state index contributed by atoms with van der Waals surface area (Å²) in [5, 5.41) is 3.90. The number of H-pyrrole nitrogens is 1. The predicted octanol–water partition coefficient (Wildman–Crippen LogP) is 3.77. The molecule has 3 rings (SSSR count). The number of nitrogens with one attached hydrogen (secondary N) is 2. The lowest BCUT2D eigenvalue weighted by Gasteiger charge is -2.21. The number of hydrogen-bond acceptors (Lipinski definition) is 2. The van der Waals surface area contributed by atoms with Crippen molar-refractivity contribution in [1.29, 1.82) is 0 Å². The highest BCUT2D eigenvalue weighted by Crippen LogP contribution is 2.28. The number of aromatic amines is 1. The van der Waals surface area contributed by atoms with Crippen molar-refractivity contribution in [2.75, 3.05) is 5.32 Å². The Labute approximate surface area is 132 Å². The summed E-state index contributed by atoms with van der Waals surface area (Å²) >= 11 is 12.0. The first-order valence-electron chi connectivity index (χ1n) is 6.83. The van der Waals surface area contributed by atoms with E-state index in [1.807, 2.05) is 6.92 Å². The van der Waals surface area contributed by atoms with Crippen molar-refractivity contribution < 1.29 is 4.79 Å². The highest BCUT2D eigenvalue weighted by molar-refractivity contribution is 6.35. The highest BCUT2D eigenvalue weighted by Gasteiger charge is 2.27. The molecule has 1 heterocycles. The molecule has 21 heavy (non-hydrogen) atoms. The van der Waals surface area contributed by atoms with Crippen molar-refractivity contribution in [2.45, 2.75) is 26.2 Å². The van der Waals surface area contributed by atoms with Gasteiger partial charge < -0.3 is 10.3 Å². The van der Waals surface area contributed by atoms with Gasteiger partial charge in [-0.05, 0) is 38.0 Å². The summed E-state index contributed by atoms with van der Waals surface area (Å²) in [6, 6.07) is 5.03. The number of nitrogens with zero attached hydrogens (tertiary/aromatic N) is 1. The van der Waals surface area contributed by atoms with Gasteiger partial charge in [0.15, 0.2) is 0 Å². The molecule has 1 aliphatic carbocycles. The van der Waals surface area contributed by atoms with E-state index in [0.29, 0.717) is 22.2 Å². The van der Waals surface area contributed by atoms with E-state index >= 15 is 0 Å².